The van der Waals surface area contributed by atoms with Gasteiger partial charge in [0.2, 0.25) is 0 Å². The zero-order valence-electron chi connectivity index (χ0n) is 5.02. The number of halogens is 3. The molecule has 0 fully saturated rings. The minimum atomic E-state index is -4.09. The Balaban J connectivity index is 3.04. The van der Waals surface area contributed by atoms with E-state index in [4.69, 9.17) is 5.11 Å². The van der Waals surface area contributed by atoms with Gasteiger partial charge in [-0.15, -0.1) is 0 Å². The lowest BCUT2D eigenvalue weighted by molar-refractivity contribution is -0.104. The summed E-state index contributed by atoms with van der Waals surface area (Å²) in [5, 5.41) is 8.18. The molecule has 0 atom stereocenters. The van der Waals surface area contributed by atoms with Gasteiger partial charge in [0.1, 0.15) is 0 Å². The maximum atomic E-state index is 11.4. The predicted octanol–water partition coefficient (Wildman–Crippen LogP) is 1.92. The molecular formula is C4H7F3OS2. The fraction of sp³-hybridized carbons (Fsp3) is 1.00. The molecule has 0 aliphatic heterocycles. The Morgan fingerprint density at radius 3 is 2.20 bits per heavy atom. The Kier molecular flexibility index (Phi) is 5.38. The number of alkyl halides is 3. The van der Waals surface area contributed by atoms with Gasteiger partial charge >= 0.3 is 6.18 Å². The first-order valence-corrected chi connectivity index (χ1v) is 4.97. The molecule has 0 unspecified atom stereocenters. The van der Waals surface area contributed by atoms with Gasteiger partial charge < -0.3 is 5.11 Å². The summed E-state index contributed by atoms with van der Waals surface area (Å²) in [4.78, 5) is 0. The molecule has 0 aliphatic carbocycles. The van der Waals surface area contributed by atoms with E-state index in [0.29, 0.717) is 16.5 Å². The fourth-order valence-corrected chi connectivity index (χ4v) is 1.84. The third-order valence-corrected chi connectivity index (χ3v) is 2.80. The molecule has 0 aromatic rings. The van der Waals surface area contributed by atoms with Crippen LogP contribution >= 0.6 is 21.6 Å². The predicted molar refractivity (Wildman–Crippen MR) is 38.1 cm³/mol. The summed E-state index contributed by atoms with van der Waals surface area (Å²) in [5.74, 6) is -0.502. The fourth-order valence-electron chi connectivity index (χ4n) is 0.205. The maximum Gasteiger partial charge on any atom is 0.398 e. The van der Waals surface area contributed by atoms with Gasteiger partial charge in [-0.05, 0) is 0 Å². The van der Waals surface area contributed by atoms with Crippen LogP contribution in [0.25, 0.3) is 0 Å². The monoisotopic (exact) mass is 192 g/mol. The summed E-state index contributed by atoms with van der Waals surface area (Å²) < 4.78 is 34.2. The molecule has 0 aromatic carbocycles. The van der Waals surface area contributed by atoms with Crippen molar-refractivity contribution in [3.8, 4) is 0 Å². The molecule has 0 saturated carbocycles. The molecule has 10 heavy (non-hydrogen) atoms. The highest BCUT2D eigenvalue weighted by Crippen LogP contribution is 2.28. The van der Waals surface area contributed by atoms with Crippen molar-refractivity contribution in [1.29, 1.82) is 0 Å². The van der Waals surface area contributed by atoms with Gasteiger partial charge in [-0.3, -0.25) is 0 Å². The Labute approximate surface area is 64.8 Å². The zero-order chi connectivity index (χ0) is 8.04. The third kappa shape index (κ3) is 8.45. The van der Waals surface area contributed by atoms with Gasteiger partial charge in [0, 0.05) is 5.75 Å². The van der Waals surface area contributed by atoms with Gasteiger partial charge in [0.15, 0.2) is 0 Å². The molecule has 1 N–H and O–H groups in total. The van der Waals surface area contributed by atoms with E-state index >= 15 is 0 Å². The van der Waals surface area contributed by atoms with Crippen molar-refractivity contribution in [3.05, 3.63) is 0 Å². The summed E-state index contributed by atoms with van der Waals surface area (Å²) in [5.41, 5.74) is 0. The van der Waals surface area contributed by atoms with E-state index in [1.165, 1.54) is 0 Å². The zero-order valence-corrected chi connectivity index (χ0v) is 6.65. The molecule has 0 spiro atoms. The van der Waals surface area contributed by atoms with Crippen LogP contribution in [0, 0.1) is 0 Å². The highest BCUT2D eigenvalue weighted by atomic mass is 33.1. The SMILES string of the molecule is OCCSSCC(F)(F)F. The van der Waals surface area contributed by atoms with Crippen molar-refractivity contribution in [3.63, 3.8) is 0 Å². The third-order valence-electron chi connectivity index (χ3n) is 0.481. The normalized spacial score (nSPS) is 12.0. The summed E-state index contributed by atoms with van der Waals surface area (Å²) in [6.45, 7) is -0.0739. The van der Waals surface area contributed by atoms with E-state index in [0.717, 1.165) is 10.8 Å². The lowest BCUT2D eigenvalue weighted by Crippen LogP contribution is -2.09. The second-order valence-electron chi connectivity index (χ2n) is 1.42. The summed E-state index contributed by atoms with van der Waals surface area (Å²) >= 11 is 0. The molecule has 6 heteroatoms. The first-order chi connectivity index (χ1) is 4.56. The molecule has 0 bridgehead atoms. The van der Waals surface area contributed by atoms with Crippen LogP contribution in [-0.4, -0.2) is 29.4 Å². The maximum absolute atomic E-state index is 11.4. The summed E-state index contributed by atoms with van der Waals surface area (Å²) in [6.07, 6.45) is -4.09. The van der Waals surface area contributed by atoms with Crippen molar-refractivity contribution >= 4 is 21.6 Å². The number of aliphatic hydroxyl groups is 1. The minimum absolute atomic E-state index is 0.0739. The van der Waals surface area contributed by atoms with Crippen molar-refractivity contribution < 1.29 is 18.3 Å². The Morgan fingerprint density at radius 2 is 1.80 bits per heavy atom. The van der Waals surface area contributed by atoms with Crippen molar-refractivity contribution in [1.82, 2.24) is 0 Å². The minimum Gasteiger partial charge on any atom is -0.395 e. The van der Waals surface area contributed by atoms with Crippen molar-refractivity contribution in [2.45, 2.75) is 6.18 Å². The smallest absolute Gasteiger partial charge is 0.395 e. The quantitative estimate of drug-likeness (QED) is 0.543. The van der Waals surface area contributed by atoms with Gasteiger partial charge in [0.25, 0.3) is 0 Å². The first-order valence-electron chi connectivity index (χ1n) is 2.48. The highest BCUT2D eigenvalue weighted by molar-refractivity contribution is 8.76. The standard InChI is InChI=1S/C4H7F3OS2/c5-4(6,7)3-10-9-2-1-8/h8H,1-3H2. The van der Waals surface area contributed by atoms with Crippen LogP contribution in [0.4, 0.5) is 13.2 Å². The van der Waals surface area contributed by atoms with Crippen LogP contribution in [0.3, 0.4) is 0 Å². The second-order valence-corrected chi connectivity index (χ2v) is 4.01. The van der Waals surface area contributed by atoms with Crippen LogP contribution in [-0.2, 0) is 0 Å². The Hall–Kier alpha value is 0.450. The number of aliphatic hydroxyl groups excluding tert-OH is 1. The molecule has 0 heterocycles. The van der Waals surface area contributed by atoms with Gasteiger partial charge in [-0.25, -0.2) is 0 Å². The van der Waals surface area contributed by atoms with Crippen LogP contribution in [0.15, 0.2) is 0 Å². The first kappa shape index (κ1) is 10.4. The van der Waals surface area contributed by atoms with Crippen LogP contribution in [0.5, 0.6) is 0 Å². The number of rotatable bonds is 4. The average molecular weight is 192 g/mol. The van der Waals surface area contributed by atoms with E-state index in [1.54, 1.807) is 0 Å². The molecule has 0 saturated heterocycles. The van der Waals surface area contributed by atoms with E-state index in [1.807, 2.05) is 0 Å². The topological polar surface area (TPSA) is 20.2 Å². The van der Waals surface area contributed by atoms with E-state index in [2.05, 4.69) is 0 Å². The molecular weight excluding hydrogens is 185 g/mol. The largest absolute Gasteiger partial charge is 0.398 e. The van der Waals surface area contributed by atoms with Gasteiger partial charge in [-0.1, -0.05) is 21.6 Å². The molecule has 62 valence electrons. The molecule has 0 radical (unpaired) electrons. The van der Waals surface area contributed by atoms with Crippen LogP contribution in [0.1, 0.15) is 0 Å². The summed E-state index contributed by atoms with van der Waals surface area (Å²) in [6, 6.07) is 0. The van der Waals surface area contributed by atoms with Crippen molar-refractivity contribution in [2.24, 2.45) is 0 Å². The van der Waals surface area contributed by atoms with Crippen molar-refractivity contribution in [2.75, 3.05) is 18.1 Å². The Bertz CT molecular complexity index is 85.1. The van der Waals surface area contributed by atoms with E-state index in [9.17, 15) is 13.2 Å². The average Bonchev–Trinajstić information content (AvgIpc) is 1.78. The molecule has 0 rings (SSSR count). The lowest BCUT2D eigenvalue weighted by atomic mass is 10.8. The summed E-state index contributed by atoms with van der Waals surface area (Å²) in [7, 11) is 1.74. The molecule has 0 amide bonds. The van der Waals surface area contributed by atoms with E-state index in [-0.39, 0.29) is 6.61 Å². The van der Waals surface area contributed by atoms with Gasteiger partial charge in [0.05, 0.1) is 12.4 Å². The van der Waals surface area contributed by atoms with Gasteiger partial charge in [-0.2, -0.15) is 13.2 Å². The highest BCUT2D eigenvalue weighted by Gasteiger charge is 2.26. The molecule has 0 aromatic heterocycles. The Morgan fingerprint density at radius 1 is 1.20 bits per heavy atom. The lowest BCUT2D eigenvalue weighted by Gasteiger charge is -2.03. The second kappa shape index (κ2) is 5.15. The van der Waals surface area contributed by atoms with Crippen LogP contribution < -0.4 is 0 Å². The van der Waals surface area contributed by atoms with E-state index < -0.39 is 11.9 Å². The number of hydrogen-bond acceptors (Lipinski definition) is 3. The number of hydrogen-bond donors (Lipinski definition) is 1. The molecule has 0 aliphatic rings. The van der Waals surface area contributed by atoms with Crippen LogP contribution in [0.2, 0.25) is 0 Å². The molecule has 1 nitrogen and oxygen atoms in total.